The zero-order valence-electron chi connectivity index (χ0n) is 13.9. The Morgan fingerprint density at radius 2 is 1.88 bits per heavy atom. The molecule has 5 heteroatoms. The van der Waals surface area contributed by atoms with Gasteiger partial charge in [-0.25, -0.2) is 0 Å². The minimum atomic E-state index is -0.112. The predicted molar refractivity (Wildman–Crippen MR) is 92.7 cm³/mol. The average Bonchev–Trinajstić information content (AvgIpc) is 3.11. The summed E-state index contributed by atoms with van der Waals surface area (Å²) >= 11 is 0. The molecule has 1 aliphatic carbocycles. The summed E-state index contributed by atoms with van der Waals surface area (Å²) < 4.78 is 0. The summed E-state index contributed by atoms with van der Waals surface area (Å²) in [5.41, 5.74) is 4.04. The number of benzene rings is 1. The highest BCUT2D eigenvalue weighted by Crippen LogP contribution is 2.38. The summed E-state index contributed by atoms with van der Waals surface area (Å²) in [5, 5.41) is 10.0. The van der Waals surface area contributed by atoms with Gasteiger partial charge in [-0.15, -0.1) is 0 Å². The number of aromatic amines is 1. The van der Waals surface area contributed by atoms with Crippen LogP contribution in [0.2, 0.25) is 0 Å². The van der Waals surface area contributed by atoms with Crippen LogP contribution in [-0.4, -0.2) is 34.1 Å². The van der Waals surface area contributed by atoms with Gasteiger partial charge in [0.2, 0.25) is 0 Å². The first-order chi connectivity index (χ1) is 11.8. The molecule has 0 spiro atoms. The molecule has 0 radical (unpaired) electrons. The SMILES string of the molecule is O=C(NCc1ccc(CN2CCCC2)cc1)c1cc(C2CC2)[nH]n1. The standard InChI is InChI=1S/C19H24N4O/c24-19(18-11-17(21-22-18)16-7-8-16)20-12-14-3-5-15(6-4-14)13-23-9-1-2-10-23/h3-6,11,16H,1-2,7-10,12-13H2,(H,20,24)(H,21,22). The molecule has 126 valence electrons. The monoisotopic (exact) mass is 324 g/mol. The molecule has 1 aromatic heterocycles. The maximum Gasteiger partial charge on any atom is 0.272 e. The Hall–Kier alpha value is -2.14. The molecule has 2 fully saturated rings. The van der Waals surface area contributed by atoms with E-state index in [-0.39, 0.29) is 5.91 Å². The average molecular weight is 324 g/mol. The van der Waals surface area contributed by atoms with E-state index in [0.29, 0.717) is 18.2 Å². The molecule has 2 N–H and O–H groups in total. The molecule has 0 bridgehead atoms. The van der Waals surface area contributed by atoms with Crippen molar-refractivity contribution in [3.63, 3.8) is 0 Å². The number of hydrogen-bond acceptors (Lipinski definition) is 3. The number of H-pyrrole nitrogens is 1. The van der Waals surface area contributed by atoms with Gasteiger partial charge in [-0.2, -0.15) is 5.10 Å². The van der Waals surface area contributed by atoms with E-state index in [1.54, 1.807) is 0 Å². The van der Waals surface area contributed by atoms with Gasteiger partial charge in [0.15, 0.2) is 0 Å². The molecule has 1 amide bonds. The highest BCUT2D eigenvalue weighted by molar-refractivity contribution is 5.92. The molecule has 5 nitrogen and oxygen atoms in total. The second-order valence-electron chi connectivity index (χ2n) is 6.97. The van der Waals surface area contributed by atoms with Gasteiger partial charge >= 0.3 is 0 Å². The third kappa shape index (κ3) is 3.67. The lowest BCUT2D eigenvalue weighted by molar-refractivity contribution is 0.0946. The molecule has 1 saturated carbocycles. The molecule has 1 aromatic carbocycles. The fourth-order valence-electron chi connectivity index (χ4n) is 3.29. The van der Waals surface area contributed by atoms with Gasteiger partial charge in [0.05, 0.1) is 0 Å². The quantitative estimate of drug-likeness (QED) is 0.859. The third-order valence-corrected chi connectivity index (χ3v) is 4.93. The summed E-state index contributed by atoms with van der Waals surface area (Å²) in [6, 6.07) is 10.4. The number of carbonyl (C=O) groups is 1. The molecule has 4 rings (SSSR count). The van der Waals surface area contributed by atoms with Crippen molar-refractivity contribution in [1.29, 1.82) is 0 Å². The Morgan fingerprint density at radius 1 is 1.17 bits per heavy atom. The minimum absolute atomic E-state index is 0.112. The summed E-state index contributed by atoms with van der Waals surface area (Å²) in [7, 11) is 0. The van der Waals surface area contributed by atoms with Crippen LogP contribution in [0.5, 0.6) is 0 Å². The van der Waals surface area contributed by atoms with E-state index in [2.05, 4.69) is 44.7 Å². The Balaban J connectivity index is 1.29. The van der Waals surface area contributed by atoms with Gasteiger partial charge in [0.1, 0.15) is 5.69 Å². The molecule has 0 atom stereocenters. The normalized spacial score (nSPS) is 18.0. The van der Waals surface area contributed by atoms with Crippen molar-refractivity contribution in [2.75, 3.05) is 13.1 Å². The third-order valence-electron chi connectivity index (χ3n) is 4.93. The smallest absolute Gasteiger partial charge is 0.272 e. The number of rotatable bonds is 6. The minimum Gasteiger partial charge on any atom is -0.347 e. The van der Waals surface area contributed by atoms with Crippen molar-refractivity contribution in [3.8, 4) is 0 Å². The Labute approximate surface area is 142 Å². The Morgan fingerprint density at radius 3 is 2.58 bits per heavy atom. The molecular formula is C19H24N4O. The number of carbonyl (C=O) groups excluding carboxylic acids is 1. The first-order valence-corrected chi connectivity index (χ1v) is 8.91. The highest BCUT2D eigenvalue weighted by atomic mass is 16.1. The zero-order chi connectivity index (χ0) is 16.4. The first kappa shape index (κ1) is 15.4. The van der Waals surface area contributed by atoms with Crippen molar-refractivity contribution >= 4 is 5.91 Å². The largest absolute Gasteiger partial charge is 0.347 e. The van der Waals surface area contributed by atoms with Crippen LogP contribution in [0.15, 0.2) is 30.3 Å². The number of hydrogen-bond donors (Lipinski definition) is 2. The molecule has 2 heterocycles. The van der Waals surface area contributed by atoms with Gasteiger partial charge in [0, 0.05) is 24.7 Å². The van der Waals surface area contributed by atoms with Crippen molar-refractivity contribution in [3.05, 3.63) is 52.8 Å². The molecule has 24 heavy (non-hydrogen) atoms. The van der Waals surface area contributed by atoms with Crippen LogP contribution in [0.25, 0.3) is 0 Å². The van der Waals surface area contributed by atoms with Crippen molar-refractivity contribution < 1.29 is 4.79 Å². The molecule has 2 aromatic rings. The van der Waals surface area contributed by atoms with Crippen LogP contribution in [0.1, 0.15) is 58.9 Å². The number of nitrogens with zero attached hydrogens (tertiary/aromatic N) is 2. The summed E-state index contributed by atoms with van der Waals surface area (Å²) in [5.74, 6) is 0.474. The number of nitrogens with one attached hydrogen (secondary N) is 2. The van der Waals surface area contributed by atoms with Gasteiger partial charge in [0.25, 0.3) is 5.91 Å². The van der Waals surface area contributed by atoms with Gasteiger partial charge in [-0.05, 0) is 56.0 Å². The summed E-state index contributed by atoms with van der Waals surface area (Å²) in [4.78, 5) is 14.7. The van der Waals surface area contributed by atoms with E-state index in [4.69, 9.17) is 0 Å². The van der Waals surface area contributed by atoms with Crippen molar-refractivity contribution in [2.24, 2.45) is 0 Å². The van der Waals surface area contributed by atoms with E-state index in [9.17, 15) is 4.79 Å². The van der Waals surface area contributed by atoms with Crippen molar-refractivity contribution in [1.82, 2.24) is 20.4 Å². The number of likely N-dealkylation sites (tertiary alicyclic amines) is 1. The maximum atomic E-state index is 12.2. The Kier molecular flexibility index (Phi) is 4.34. The topological polar surface area (TPSA) is 61.0 Å². The Bertz CT molecular complexity index is 696. The molecule has 2 aliphatic rings. The first-order valence-electron chi connectivity index (χ1n) is 8.91. The fourth-order valence-corrected chi connectivity index (χ4v) is 3.29. The van der Waals surface area contributed by atoms with Gasteiger partial charge in [-0.1, -0.05) is 24.3 Å². The lowest BCUT2D eigenvalue weighted by Crippen LogP contribution is -2.23. The second kappa shape index (κ2) is 6.77. The molecule has 0 unspecified atom stereocenters. The van der Waals surface area contributed by atoms with Crippen LogP contribution in [-0.2, 0) is 13.1 Å². The van der Waals surface area contributed by atoms with Crippen LogP contribution < -0.4 is 5.32 Å². The number of amides is 1. The van der Waals surface area contributed by atoms with E-state index in [0.717, 1.165) is 17.8 Å². The highest BCUT2D eigenvalue weighted by Gasteiger charge is 2.26. The van der Waals surface area contributed by atoms with Crippen LogP contribution in [0, 0.1) is 0 Å². The van der Waals surface area contributed by atoms with E-state index >= 15 is 0 Å². The number of aromatic nitrogens is 2. The van der Waals surface area contributed by atoms with E-state index in [1.165, 1.54) is 44.3 Å². The molecular weight excluding hydrogens is 300 g/mol. The second-order valence-corrected chi connectivity index (χ2v) is 6.97. The van der Waals surface area contributed by atoms with Crippen LogP contribution in [0.4, 0.5) is 0 Å². The molecule has 1 saturated heterocycles. The lowest BCUT2D eigenvalue weighted by atomic mass is 10.1. The predicted octanol–water partition coefficient (Wildman–Crippen LogP) is 2.81. The van der Waals surface area contributed by atoms with Gasteiger partial charge < -0.3 is 5.32 Å². The summed E-state index contributed by atoms with van der Waals surface area (Å²) in [6.07, 6.45) is 5.04. The molecule has 1 aliphatic heterocycles. The van der Waals surface area contributed by atoms with Crippen LogP contribution >= 0.6 is 0 Å². The lowest BCUT2D eigenvalue weighted by Gasteiger charge is -2.14. The van der Waals surface area contributed by atoms with Gasteiger partial charge in [-0.3, -0.25) is 14.8 Å². The van der Waals surface area contributed by atoms with Crippen molar-refractivity contribution in [2.45, 2.75) is 44.7 Å². The van der Waals surface area contributed by atoms with Crippen LogP contribution in [0.3, 0.4) is 0 Å². The summed E-state index contributed by atoms with van der Waals surface area (Å²) in [6.45, 7) is 3.99. The maximum absolute atomic E-state index is 12.2. The van der Waals surface area contributed by atoms with E-state index in [1.807, 2.05) is 6.07 Å². The zero-order valence-corrected chi connectivity index (χ0v) is 13.9. The van der Waals surface area contributed by atoms with E-state index < -0.39 is 0 Å². The fraction of sp³-hybridized carbons (Fsp3) is 0.474.